The van der Waals surface area contributed by atoms with Crippen molar-refractivity contribution in [3.05, 3.63) is 54.3 Å². The molecule has 3 rings (SSSR count). The number of benzene rings is 1. The van der Waals surface area contributed by atoms with Crippen molar-refractivity contribution in [1.29, 1.82) is 0 Å². The van der Waals surface area contributed by atoms with Gasteiger partial charge in [-0.1, -0.05) is 25.1 Å². The van der Waals surface area contributed by atoms with Crippen molar-refractivity contribution in [2.75, 3.05) is 0 Å². The number of aliphatic hydroxyl groups excluding tert-OH is 1. The van der Waals surface area contributed by atoms with Gasteiger partial charge in [-0.05, 0) is 18.6 Å². The molecule has 0 radical (unpaired) electrons. The first-order chi connectivity index (χ1) is 9.29. The van der Waals surface area contributed by atoms with Gasteiger partial charge in [-0.3, -0.25) is 0 Å². The summed E-state index contributed by atoms with van der Waals surface area (Å²) in [6, 6.07) is 9.62. The minimum atomic E-state index is -0.776. The summed E-state index contributed by atoms with van der Waals surface area (Å²) >= 11 is 0. The summed E-state index contributed by atoms with van der Waals surface area (Å²) in [5.41, 5.74) is 1.55. The van der Waals surface area contributed by atoms with E-state index in [-0.39, 0.29) is 0 Å². The van der Waals surface area contributed by atoms with E-state index in [0.29, 0.717) is 5.76 Å². The van der Waals surface area contributed by atoms with Gasteiger partial charge in [0.1, 0.15) is 11.3 Å². The fraction of sp³-hybridized carbons (Fsp3) is 0.267. The molecule has 0 bridgehead atoms. The molecule has 1 N–H and O–H groups in total. The van der Waals surface area contributed by atoms with Crippen LogP contribution in [-0.4, -0.2) is 14.7 Å². The van der Waals surface area contributed by atoms with Crippen LogP contribution >= 0.6 is 0 Å². The molecule has 0 amide bonds. The van der Waals surface area contributed by atoms with Crippen LogP contribution in [0.5, 0.6) is 0 Å². The van der Waals surface area contributed by atoms with E-state index in [9.17, 15) is 5.11 Å². The van der Waals surface area contributed by atoms with Gasteiger partial charge in [0.25, 0.3) is 0 Å². The molecule has 0 aliphatic heterocycles. The number of aromatic nitrogens is 2. The van der Waals surface area contributed by atoms with Crippen LogP contribution in [0.4, 0.5) is 0 Å². The zero-order valence-electron chi connectivity index (χ0n) is 10.8. The monoisotopic (exact) mass is 256 g/mol. The molecule has 98 valence electrons. The first-order valence-corrected chi connectivity index (χ1v) is 6.46. The molecule has 4 nitrogen and oxygen atoms in total. The Balaban J connectivity index is 1.98. The van der Waals surface area contributed by atoms with Gasteiger partial charge < -0.3 is 14.1 Å². The van der Waals surface area contributed by atoms with Crippen LogP contribution in [-0.2, 0) is 6.54 Å². The lowest BCUT2D eigenvalue weighted by molar-refractivity contribution is 0.182. The lowest BCUT2D eigenvalue weighted by Gasteiger charge is -2.10. The molecule has 2 heterocycles. The molecule has 0 saturated carbocycles. The molecule has 2 aromatic heterocycles. The zero-order chi connectivity index (χ0) is 13.2. The summed E-state index contributed by atoms with van der Waals surface area (Å²) in [7, 11) is 0. The van der Waals surface area contributed by atoms with Gasteiger partial charge in [0, 0.05) is 11.9 Å². The number of rotatable bonds is 4. The number of hydrogen-bond acceptors (Lipinski definition) is 3. The number of furan rings is 1. The number of hydrogen-bond donors (Lipinski definition) is 1. The summed E-state index contributed by atoms with van der Waals surface area (Å²) in [5, 5.41) is 11.4. The van der Waals surface area contributed by atoms with Crippen LogP contribution < -0.4 is 0 Å². The molecule has 1 aromatic carbocycles. The Bertz CT molecular complexity index is 651. The highest BCUT2D eigenvalue weighted by Gasteiger charge is 2.19. The van der Waals surface area contributed by atoms with E-state index in [4.69, 9.17) is 4.42 Å². The predicted molar refractivity (Wildman–Crippen MR) is 72.8 cm³/mol. The minimum Gasteiger partial charge on any atom is -0.458 e. The molecule has 4 heteroatoms. The fourth-order valence-electron chi connectivity index (χ4n) is 2.27. The standard InChI is InChI=1S/C15H16N2O2/c1-2-7-17-10-16-9-12(17)15(18)14-8-11-5-3-4-6-13(11)19-14/h3-6,8-10,15,18H,2,7H2,1H3. The molecule has 0 saturated heterocycles. The number of para-hydroxylation sites is 1. The maximum Gasteiger partial charge on any atom is 0.153 e. The number of imidazole rings is 1. The van der Waals surface area contributed by atoms with Crippen LogP contribution in [0.15, 0.2) is 47.3 Å². The molecule has 19 heavy (non-hydrogen) atoms. The van der Waals surface area contributed by atoms with Gasteiger partial charge in [0.05, 0.1) is 18.2 Å². The number of fused-ring (bicyclic) bond motifs is 1. The molecule has 1 unspecified atom stereocenters. The smallest absolute Gasteiger partial charge is 0.153 e. The summed E-state index contributed by atoms with van der Waals surface area (Å²) in [6.07, 6.45) is 3.65. The minimum absolute atomic E-state index is 0.555. The van der Waals surface area contributed by atoms with Crippen molar-refractivity contribution in [3.63, 3.8) is 0 Å². The second-order valence-corrected chi connectivity index (χ2v) is 4.60. The molecule has 1 atom stereocenters. The largest absolute Gasteiger partial charge is 0.458 e. The quantitative estimate of drug-likeness (QED) is 0.780. The third kappa shape index (κ3) is 2.15. The van der Waals surface area contributed by atoms with E-state index in [0.717, 1.165) is 29.6 Å². The average molecular weight is 256 g/mol. The van der Waals surface area contributed by atoms with Crippen LogP contribution in [0.1, 0.15) is 30.9 Å². The van der Waals surface area contributed by atoms with Crippen molar-refractivity contribution in [2.24, 2.45) is 0 Å². The van der Waals surface area contributed by atoms with Crippen molar-refractivity contribution in [1.82, 2.24) is 9.55 Å². The Morgan fingerprint density at radius 3 is 3.00 bits per heavy atom. The third-order valence-corrected chi connectivity index (χ3v) is 3.20. The summed E-state index contributed by atoms with van der Waals surface area (Å²) in [6.45, 7) is 2.93. The van der Waals surface area contributed by atoms with Gasteiger partial charge >= 0.3 is 0 Å². The number of aryl methyl sites for hydroxylation is 1. The normalized spacial score (nSPS) is 12.9. The number of aliphatic hydroxyl groups is 1. The molecular formula is C15H16N2O2. The summed E-state index contributed by atoms with van der Waals surface area (Å²) < 4.78 is 7.65. The maximum atomic E-state index is 10.4. The van der Waals surface area contributed by atoms with E-state index in [2.05, 4.69) is 11.9 Å². The fourth-order valence-corrected chi connectivity index (χ4v) is 2.27. The van der Waals surface area contributed by atoms with Crippen molar-refractivity contribution in [2.45, 2.75) is 26.0 Å². The Kier molecular flexibility index (Phi) is 3.09. The van der Waals surface area contributed by atoms with E-state index in [1.54, 1.807) is 12.5 Å². The lowest BCUT2D eigenvalue weighted by Crippen LogP contribution is -2.07. The van der Waals surface area contributed by atoms with Crippen LogP contribution in [0, 0.1) is 0 Å². The lowest BCUT2D eigenvalue weighted by atomic mass is 10.2. The Hall–Kier alpha value is -2.07. The Labute approximate surface area is 111 Å². The second-order valence-electron chi connectivity index (χ2n) is 4.60. The van der Waals surface area contributed by atoms with E-state index in [1.165, 1.54) is 0 Å². The molecule has 0 aliphatic carbocycles. The average Bonchev–Trinajstić information content (AvgIpc) is 3.04. The van der Waals surface area contributed by atoms with E-state index >= 15 is 0 Å². The Morgan fingerprint density at radius 2 is 2.21 bits per heavy atom. The van der Waals surface area contributed by atoms with Gasteiger partial charge in [0.2, 0.25) is 0 Å². The van der Waals surface area contributed by atoms with Crippen LogP contribution in [0.3, 0.4) is 0 Å². The third-order valence-electron chi connectivity index (χ3n) is 3.20. The van der Waals surface area contributed by atoms with Crippen molar-refractivity contribution < 1.29 is 9.52 Å². The highest BCUT2D eigenvalue weighted by atomic mass is 16.4. The highest BCUT2D eigenvalue weighted by Crippen LogP contribution is 2.28. The van der Waals surface area contributed by atoms with Gasteiger partial charge in [-0.2, -0.15) is 0 Å². The van der Waals surface area contributed by atoms with Gasteiger partial charge in [-0.25, -0.2) is 4.98 Å². The van der Waals surface area contributed by atoms with Crippen molar-refractivity contribution >= 4 is 11.0 Å². The first kappa shape index (κ1) is 12.0. The predicted octanol–water partition coefficient (Wildman–Crippen LogP) is 3.12. The van der Waals surface area contributed by atoms with Crippen LogP contribution in [0.2, 0.25) is 0 Å². The van der Waals surface area contributed by atoms with Gasteiger partial charge in [-0.15, -0.1) is 0 Å². The highest BCUT2D eigenvalue weighted by molar-refractivity contribution is 5.77. The molecule has 0 spiro atoms. The van der Waals surface area contributed by atoms with E-state index in [1.807, 2.05) is 34.9 Å². The summed E-state index contributed by atoms with van der Waals surface area (Å²) in [4.78, 5) is 4.10. The van der Waals surface area contributed by atoms with Crippen molar-refractivity contribution in [3.8, 4) is 0 Å². The van der Waals surface area contributed by atoms with Gasteiger partial charge in [0.15, 0.2) is 6.10 Å². The zero-order valence-corrected chi connectivity index (χ0v) is 10.8. The topological polar surface area (TPSA) is 51.2 Å². The summed E-state index contributed by atoms with van der Waals surface area (Å²) in [5.74, 6) is 0.555. The molecule has 0 aliphatic rings. The molecule has 0 fully saturated rings. The SMILES string of the molecule is CCCn1cncc1C(O)c1cc2ccccc2o1. The second kappa shape index (κ2) is 4.90. The van der Waals surface area contributed by atoms with E-state index < -0.39 is 6.10 Å². The molecular weight excluding hydrogens is 240 g/mol. The van der Waals surface area contributed by atoms with Crippen LogP contribution in [0.25, 0.3) is 11.0 Å². The molecule has 3 aromatic rings. The first-order valence-electron chi connectivity index (χ1n) is 6.46. The maximum absolute atomic E-state index is 10.4. The number of nitrogens with zero attached hydrogens (tertiary/aromatic N) is 2. The Morgan fingerprint density at radius 1 is 1.37 bits per heavy atom.